The van der Waals surface area contributed by atoms with E-state index in [1.54, 1.807) is 0 Å². The second-order valence-corrected chi connectivity index (χ2v) is 13.8. The molecule has 0 aliphatic rings. The molecule has 0 heterocycles. The second-order valence-electron chi connectivity index (χ2n) is 13.3. The minimum absolute atomic E-state index is 0.0126. The molecule has 0 aliphatic heterocycles. The zero-order chi connectivity index (χ0) is 31.6. The molecule has 44 heavy (non-hydrogen) atoms. The minimum Gasteiger partial charge on any atom is -0.311 e. The van der Waals surface area contributed by atoms with E-state index >= 15 is 0 Å². The van der Waals surface area contributed by atoms with Crippen LogP contribution in [0.2, 0.25) is 0 Å². The maximum absolute atomic E-state index is 13.3. The second kappa shape index (κ2) is 12.3. The number of benzene rings is 5. The first-order chi connectivity index (χ1) is 20.8. The van der Waals surface area contributed by atoms with Gasteiger partial charge in [-0.15, -0.1) is 12.6 Å². The lowest BCUT2D eigenvalue weighted by Gasteiger charge is -2.26. The van der Waals surface area contributed by atoms with Gasteiger partial charge >= 0.3 is 0 Å². The van der Waals surface area contributed by atoms with Crippen LogP contribution in [0.4, 0.5) is 17.1 Å². The lowest BCUT2D eigenvalue weighted by molar-refractivity contribution is 0.103. The Balaban J connectivity index is 1.42. The van der Waals surface area contributed by atoms with Crippen molar-refractivity contribution < 1.29 is 9.59 Å². The summed E-state index contributed by atoms with van der Waals surface area (Å²) < 4.78 is 0. The molecule has 0 radical (unpaired) electrons. The lowest BCUT2D eigenvalue weighted by atomic mass is 9.86. The molecule has 0 fully saturated rings. The standard InChI is InChI=1S/C40H39NO2S/c1-39(2,3)31-15-7-27(8-16-31)37(42)29-11-19-33(20-12-29)41(35-23-25-36(44)26-24-35)34-21-13-30(14-22-34)38(43)28-9-17-32(18-10-28)40(4,5)6/h7-26,44H,1-6H3. The molecule has 0 atom stereocenters. The van der Waals surface area contributed by atoms with Crippen molar-refractivity contribution in [1.82, 2.24) is 0 Å². The molecule has 0 spiro atoms. The van der Waals surface area contributed by atoms with Gasteiger partial charge in [-0.2, -0.15) is 0 Å². The average Bonchev–Trinajstić information content (AvgIpc) is 3.01. The smallest absolute Gasteiger partial charge is 0.193 e. The first kappa shape index (κ1) is 31.0. The molecular formula is C40H39NO2S. The number of rotatable bonds is 7. The van der Waals surface area contributed by atoms with Crippen LogP contribution < -0.4 is 4.90 Å². The molecule has 0 N–H and O–H groups in total. The average molecular weight is 598 g/mol. The molecule has 3 nitrogen and oxygen atoms in total. The topological polar surface area (TPSA) is 37.4 Å². The van der Waals surface area contributed by atoms with Gasteiger partial charge < -0.3 is 4.90 Å². The number of carbonyl (C=O) groups excluding carboxylic acids is 2. The van der Waals surface area contributed by atoms with Crippen molar-refractivity contribution in [1.29, 1.82) is 0 Å². The SMILES string of the molecule is CC(C)(C)c1ccc(C(=O)c2ccc(N(c3ccc(S)cc3)c3ccc(C(=O)c4ccc(C(C)(C)C)cc4)cc3)cc2)cc1. The van der Waals surface area contributed by atoms with Crippen LogP contribution in [0.25, 0.3) is 0 Å². The van der Waals surface area contributed by atoms with Gasteiger partial charge in [-0.1, -0.05) is 90.1 Å². The Bertz CT molecular complexity index is 1640. The van der Waals surface area contributed by atoms with Gasteiger partial charge in [-0.05, 0) is 94.8 Å². The fourth-order valence-electron chi connectivity index (χ4n) is 5.15. The summed E-state index contributed by atoms with van der Waals surface area (Å²) >= 11 is 4.47. The summed E-state index contributed by atoms with van der Waals surface area (Å²) in [5.41, 5.74) is 7.76. The predicted octanol–water partition coefficient (Wildman–Crippen LogP) is 10.5. The van der Waals surface area contributed by atoms with E-state index in [0.29, 0.717) is 22.3 Å². The van der Waals surface area contributed by atoms with Gasteiger partial charge in [0.05, 0.1) is 0 Å². The van der Waals surface area contributed by atoms with Crippen molar-refractivity contribution in [2.75, 3.05) is 4.90 Å². The Morgan fingerprint density at radius 3 is 0.955 bits per heavy atom. The summed E-state index contributed by atoms with van der Waals surface area (Å²) in [7, 11) is 0. The normalized spacial score (nSPS) is 11.7. The van der Waals surface area contributed by atoms with Crippen molar-refractivity contribution >= 4 is 41.3 Å². The van der Waals surface area contributed by atoms with E-state index in [4.69, 9.17) is 0 Å². The summed E-state index contributed by atoms with van der Waals surface area (Å²) in [6, 6.07) is 39.0. The van der Waals surface area contributed by atoms with Crippen molar-refractivity contribution in [3.8, 4) is 0 Å². The Morgan fingerprint density at radius 2 is 0.682 bits per heavy atom. The first-order valence-corrected chi connectivity index (χ1v) is 15.4. The van der Waals surface area contributed by atoms with E-state index in [1.165, 1.54) is 11.1 Å². The minimum atomic E-state index is -0.0126. The third-order valence-corrected chi connectivity index (χ3v) is 8.21. The number of thiol groups is 1. The summed E-state index contributed by atoms with van der Waals surface area (Å²) in [4.78, 5) is 29.6. The van der Waals surface area contributed by atoms with Crippen LogP contribution in [0.15, 0.2) is 126 Å². The van der Waals surface area contributed by atoms with E-state index in [0.717, 1.165) is 22.0 Å². The van der Waals surface area contributed by atoms with Crippen molar-refractivity contribution in [2.24, 2.45) is 0 Å². The molecule has 222 valence electrons. The number of anilines is 3. The first-order valence-electron chi connectivity index (χ1n) is 14.9. The number of carbonyl (C=O) groups is 2. The third kappa shape index (κ3) is 6.87. The fraction of sp³-hybridized carbons (Fsp3) is 0.200. The Morgan fingerprint density at radius 1 is 0.432 bits per heavy atom. The molecule has 0 saturated carbocycles. The van der Waals surface area contributed by atoms with Gasteiger partial charge in [0.15, 0.2) is 11.6 Å². The van der Waals surface area contributed by atoms with E-state index in [-0.39, 0.29) is 22.4 Å². The molecule has 0 amide bonds. The highest BCUT2D eigenvalue weighted by Gasteiger charge is 2.19. The van der Waals surface area contributed by atoms with Crippen LogP contribution in [0.1, 0.15) is 84.5 Å². The molecule has 0 bridgehead atoms. The van der Waals surface area contributed by atoms with E-state index < -0.39 is 0 Å². The number of ketones is 2. The molecule has 5 aromatic carbocycles. The monoisotopic (exact) mass is 597 g/mol. The van der Waals surface area contributed by atoms with Crippen molar-refractivity contribution in [2.45, 2.75) is 57.3 Å². The largest absolute Gasteiger partial charge is 0.311 e. The van der Waals surface area contributed by atoms with Crippen LogP contribution in [0.5, 0.6) is 0 Å². The Hall–Kier alpha value is -4.41. The van der Waals surface area contributed by atoms with Gasteiger partial charge in [0.25, 0.3) is 0 Å². The fourth-order valence-corrected chi connectivity index (χ4v) is 5.30. The molecule has 0 unspecified atom stereocenters. The van der Waals surface area contributed by atoms with Gasteiger partial charge in [0.1, 0.15) is 0 Å². The maximum Gasteiger partial charge on any atom is 0.193 e. The van der Waals surface area contributed by atoms with Gasteiger partial charge in [0, 0.05) is 44.2 Å². The van der Waals surface area contributed by atoms with Crippen molar-refractivity contribution in [3.05, 3.63) is 155 Å². The highest BCUT2D eigenvalue weighted by Crippen LogP contribution is 2.36. The van der Waals surface area contributed by atoms with Gasteiger partial charge in [0.2, 0.25) is 0 Å². The predicted molar refractivity (Wildman–Crippen MR) is 186 cm³/mol. The van der Waals surface area contributed by atoms with Crippen LogP contribution in [0.3, 0.4) is 0 Å². The van der Waals surface area contributed by atoms with Crippen LogP contribution in [0, 0.1) is 0 Å². The molecule has 0 aliphatic carbocycles. The highest BCUT2D eigenvalue weighted by atomic mass is 32.1. The Kier molecular flexibility index (Phi) is 8.67. The van der Waals surface area contributed by atoms with E-state index in [9.17, 15) is 9.59 Å². The maximum atomic E-state index is 13.3. The van der Waals surface area contributed by atoms with Crippen LogP contribution >= 0.6 is 12.6 Å². The summed E-state index contributed by atoms with van der Waals surface area (Å²) in [5.74, 6) is -0.0252. The Labute approximate surface area is 267 Å². The lowest BCUT2D eigenvalue weighted by Crippen LogP contribution is -2.12. The highest BCUT2D eigenvalue weighted by molar-refractivity contribution is 7.80. The van der Waals surface area contributed by atoms with E-state index in [1.807, 2.05) is 121 Å². The third-order valence-electron chi connectivity index (χ3n) is 7.91. The number of nitrogens with zero attached hydrogens (tertiary/aromatic N) is 1. The molecule has 0 aromatic heterocycles. The molecule has 5 rings (SSSR count). The molecular weight excluding hydrogens is 559 g/mol. The van der Waals surface area contributed by atoms with Crippen LogP contribution in [-0.4, -0.2) is 11.6 Å². The van der Waals surface area contributed by atoms with Crippen molar-refractivity contribution in [3.63, 3.8) is 0 Å². The summed E-state index contributed by atoms with van der Waals surface area (Å²) in [6.45, 7) is 13.0. The summed E-state index contributed by atoms with van der Waals surface area (Å²) in [5, 5.41) is 0. The van der Waals surface area contributed by atoms with E-state index in [2.05, 4.69) is 59.1 Å². The molecule has 5 aromatic rings. The quantitative estimate of drug-likeness (QED) is 0.150. The number of hydrogen-bond acceptors (Lipinski definition) is 4. The summed E-state index contributed by atoms with van der Waals surface area (Å²) in [6.07, 6.45) is 0. The molecule has 0 saturated heterocycles. The van der Waals surface area contributed by atoms with Gasteiger partial charge in [-0.25, -0.2) is 0 Å². The molecule has 4 heteroatoms. The van der Waals surface area contributed by atoms with Gasteiger partial charge in [-0.3, -0.25) is 9.59 Å². The zero-order valence-electron chi connectivity index (χ0n) is 26.3. The zero-order valence-corrected chi connectivity index (χ0v) is 27.2. The number of hydrogen-bond donors (Lipinski definition) is 1. The van der Waals surface area contributed by atoms with Crippen LogP contribution in [-0.2, 0) is 10.8 Å².